The van der Waals surface area contributed by atoms with Crippen LogP contribution >= 0.6 is 11.9 Å². The molecule has 2 aromatic carbocycles. The first kappa shape index (κ1) is 22.2. The molecule has 0 bridgehead atoms. The number of nitrogens with zero attached hydrogens (tertiary/aromatic N) is 4. The van der Waals surface area contributed by atoms with Gasteiger partial charge in [-0.1, -0.05) is 73.0 Å². The normalized spacial score (nSPS) is 11.0. The highest BCUT2D eigenvalue weighted by Gasteiger charge is 2.05. The van der Waals surface area contributed by atoms with E-state index in [-0.39, 0.29) is 0 Å². The molecule has 0 aliphatic carbocycles. The zero-order valence-electron chi connectivity index (χ0n) is 18.2. The Balaban J connectivity index is 1.09. The van der Waals surface area contributed by atoms with Crippen LogP contribution in [-0.2, 0) is 6.54 Å². The van der Waals surface area contributed by atoms with E-state index in [4.69, 9.17) is 0 Å². The molecule has 0 aliphatic rings. The third-order valence-corrected chi connectivity index (χ3v) is 6.24. The molecule has 164 valence electrons. The van der Waals surface area contributed by atoms with Gasteiger partial charge in [-0.3, -0.25) is 14.4 Å². The molecule has 0 saturated heterocycles. The van der Waals surface area contributed by atoms with Crippen molar-refractivity contribution >= 4 is 11.9 Å². The summed E-state index contributed by atoms with van der Waals surface area (Å²) in [6, 6.07) is 23.1. The summed E-state index contributed by atoms with van der Waals surface area (Å²) in [6.07, 6.45) is 11.6. The number of unbranched alkanes of at least 4 members (excludes halogenated alkanes) is 4. The van der Waals surface area contributed by atoms with Gasteiger partial charge in [0.25, 0.3) is 0 Å². The molecule has 0 unspecified atom stereocenters. The Bertz CT molecular complexity index is 1070. The molecule has 0 amide bonds. The summed E-state index contributed by atoms with van der Waals surface area (Å²) in [5, 5.41) is 8.48. The number of hydrogen-bond donors (Lipinski definition) is 1. The maximum Gasteiger partial charge on any atom is 0.114 e. The summed E-state index contributed by atoms with van der Waals surface area (Å²) >= 11 is 1.73. The first-order valence-corrected chi connectivity index (χ1v) is 12.1. The Morgan fingerprint density at radius 2 is 1.56 bits per heavy atom. The van der Waals surface area contributed by atoms with Gasteiger partial charge in [-0.25, -0.2) is 0 Å². The molecule has 6 heteroatoms. The third-order valence-electron chi connectivity index (χ3n) is 5.32. The Morgan fingerprint density at radius 3 is 2.44 bits per heavy atom. The highest BCUT2D eigenvalue weighted by Crippen LogP contribution is 2.29. The molecule has 2 heterocycles. The van der Waals surface area contributed by atoms with E-state index in [2.05, 4.69) is 74.6 Å². The molecule has 0 fully saturated rings. The molecular weight excluding hydrogens is 414 g/mol. The monoisotopic (exact) mass is 443 g/mol. The van der Waals surface area contributed by atoms with E-state index >= 15 is 0 Å². The van der Waals surface area contributed by atoms with Gasteiger partial charge in [-0.05, 0) is 54.1 Å². The Morgan fingerprint density at radius 1 is 0.781 bits per heavy atom. The second-order valence-electron chi connectivity index (χ2n) is 7.73. The van der Waals surface area contributed by atoms with E-state index in [1.165, 1.54) is 41.7 Å². The summed E-state index contributed by atoms with van der Waals surface area (Å²) in [6.45, 7) is 1.93. The fourth-order valence-corrected chi connectivity index (χ4v) is 4.44. The van der Waals surface area contributed by atoms with Crippen LogP contribution in [0.15, 0.2) is 90.2 Å². The zero-order valence-corrected chi connectivity index (χ0v) is 19.0. The highest BCUT2D eigenvalue weighted by atomic mass is 32.2. The van der Waals surface area contributed by atoms with E-state index in [1.54, 1.807) is 18.1 Å². The molecule has 0 aliphatic heterocycles. The van der Waals surface area contributed by atoms with Crippen LogP contribution in [-0.4, -0.2) is 26.5 Å². The summed E-state index contributed by atoms with van der Waals surface area (Å²) in [4.78, 5) is 5.41. The summed E-state index contributed by atoms with van der Waals surface area (Å²) in [5.74, 6) is 0. The van der Waals surface area contributed by atoms with Gasteiger partial charge in [0.05, 0.1) is 6.20 Å². The average Bonchev–Trinajstić information content (AvgIpc) is 3.33. The van der Waals surface area contributed by atoms with Crippen molar-refractivity contribution in [2.45, 2.75) is 43.5 Å². The lowest BCUT2D eigenvalue weighted by Gasteiger charge is -2.10. The van der Waals surface area contributed by atoms with Crippen molar-refractivity contribution in [1.29, 1.82) is 0 Å². The van der Waals surface area contributed by atoms with Crippen LogP contribution in [0, 0.1) is 0 Å². The Labute approximate surface area is 194 Å². The fraction of sp³-hybridized carbons (Fsp3) is 0.269. The maximum absolute atomic E-state index is 4.25. The quantitative estimate of drug-likeness (QED) is 0.207. The number of aryl methyl sites for hydroxylation is 1. The number of rotatable bonds is 12. The van der Waals surface area contributed by atoms with Gasteiger partial charge >= 0.3 is 0 Å². The van der Waals surface area contributed by atoms with Crippen molar-refractivity contribution in [3.05, 3.63) is 85.3 Å². The molecule has 0 atom stereocenters. The lowest BCUT2D eigenvalue weighted by molar-refractivity contribution is 0.517. The molecular formula is C26H29N5S. The second kappa shape index (κ2) is 12.2. The fourth-order valence-electron chi connectivity index (χ4n) is 3.60. The van der Waals surface area contributed by atoms with Crippen LogP contribution in [0.5, 0.6) is 0 Å². The summed E-state index contributed by atoms with van der Waals surface area (Å²) in [7, 11) is 0. The van der Waals surface area contributed by atoms with Crippen molar-refractivity contribution in [2.75, 3.05) is 6.54 Å². The van der Waals surface area contributed by atoms with Crippen molar-refractivity contribution < 1.29 is 0 Å². The minimum Gasteiger partial charge on any atom is -0.264 e. The number of aromatic nitrogens is 4. The number of benzene rings is 2. The molecule has 0 spiro atoms. The molecule has 4 rings (SSSR count). The van der Waals surface area contributed by atoms with E-state index in [0.717, 1.165) is 30.8 Å². The minimum atomic E-state index is 0.885. The van der Waals surface area contributed by atoms with Crippen LogP contribution in [0.25, 0.3) is 22.4 Å². The zero-order chi connectivity index (χ0) is 21.8. The molecule has 32 heavy (non-hydrogen) atoms. The Hall–Kier alpha value is -2.96. The molecule has 0 saturated carbocycles. The predicted molar refractivity (Wildman–Crippen MR) is 132 cm³/mol. The van der Waals surface area contributed by atoms with Gasteiger partial charge in [0.15, 0.2) is 0 Å². The van der Waals surface area contributed by atoms with Crippen LogP contribution in [0.4, 0.5) is 0 Å². The minimum absolute atomic E-state index is 0.885. The van der Waals surface area contributed by atoms with Crippen LogP contribution in [0.1, 0.15) is 32.1 Å². The number of pyridine rings is 1. The average molecular weight is 444 g/mol. The van der Waals surface area contributed by atoms with Gasteiger partial charge in [0.1, 0.15) is 5.69 Å². The molecule has 4 aromatic rings. The lowest BCUT2D eigenvalue weighted by Crippen LogP contribution is -2.05. The third kappa shape index (κ3) is 6.52. The first-order valence-electron chi connectivity index (χ1n) is 11.2. The van der Waals surface area contributed by atoms with Crippen molar-refractivity contribution in [3.8, 4) is 22.4 Å². The second-order valence-corrected chi connectivity index (χ2v) is 8.67. The Kier molecular flexibility index (Phi) is 8.46. The van der Waals surface area contributed by atoms with Crippen LogP contribution < -0.4 is 4.72 Å². The van der Waals surface area contributed by atoms with Crippen molar-refractivity contribution in [2.24, 2.45) is 0 Å². The largest absolute Gasteiger partial charge is 0.264 e. The van der Waals surface area contributed by atoms with Gasteiger partial charge in [-0.2, -0.15) is 0 Å². The number of hydrogen-bond acceptors (Lipinski definition) is 5. The van der Waals surface area contributed by atoms with Crippen LogP contribution in [0.3, 0.4) is 0 Å². The predicted octanol–water partition coefficient (Wildman–Crippen LogP) is 6.25. The SMILES string of the molecule is c1ccc(-c2ccccc2SNCCCCCCCn2cc(-c3cccnc3)nn2)cc1. The van der Waals surface area contributed by atoms with Gasteiger partial charge in [0, 0.05) is 35.9 Å². The van der Waals surface area contributed by atoms with Crippen LogP contribution in [0.2, 0.25) is 0 Å². The number of nitrogens with one attached hydrogen (secondary N) is 1. The van der Waals surface area contributed by atoms with E-state index in [9.17, 15) is 0 Å². The van der Waals surface area contributed by atoms with E-state index in [1.807, 2.05) is 29.2 Å². The van der Waals surface area contributed by atoms with Gasteiger partial charge in [0.2, 0.25) is 0 Å². The topological polar surface area (TPSA) is 55.6 Å². The van der Waals surface area contributed by atoms with Crippen molar-refractivity contribution in [3.63, 3.8) is 0 Å². The first-order chi connectivity index (χ1) is 15.9. The van der Waals surface area contributed by atoms with E-state index < -0.39 is 0 Å². The summed E-state index contributed by atoms with van der Waals surface area (Å²) in [5.41, 5.74) is 4.44. The lowest BCUT2D eigenvalue weighted by atomic mass is 10.1. The molecule has 0 radical (unpaired) electrons. The van der Waals surface area contributed by atoms with Gasteiger partial charge < -0.3 is 0 Å². The molecule has 2 aromatic heterocycles. The molecule has 5 nitrogen and oxygen atoms in total. The summed E-state index contributed by atoms with van der Waals surface area (Å²) < 4.78 is 5.47. The maximum atomic E-state index is 4.25. The smallest absolute Gasteiger partial charge is 0.114 e. The van der Waals surface area contributed by atoms with E-state index in [0.29, 0.717) is 0 Å². The standard InChI is InChI=1S/C26H29N5S/c1(3-10-19-31-21-25(29-30-31)23-14-11-17-27-20-23)2-9-18-28-32-26-16-8-7-15-24(26)22-12-5-4-6-13-22/h4-8,11-17,20-21,28H,1-3,9-10,18-19H2. The van der Waals surface area contributed by atoms with Crippen molar-refractivity contribution in [1.82, 2.24) is 24.7 Å². The van der Waals surface area contributed by atoms with Gasteiger partial charge in [-0.15, -0.1) is 5.10 Å². The molecule has 1 N–H and O–H groups in total. The highest BCUT2D eigenvalue weighted by molar-refractivity contribution is 7.97.